The van der Waals surface area contributed by atoms with Gasteiger partial charge in [-0.1, -0.05) is 90.0 Å². The molecular formula is C33H50O2S. The molecule has 0 heterocycles. The molecule has 0 N–H and O–H groups in total. The minimum atomic E-state index is -3.24. The number of benzene rings is 1. The number of hydrogen-bond donors (Lipinski definition) is 0. The van der Waals surface area contributed by atoms with Crippen LogP contribution < -0.4 is 0 Å². The van der Waals surface area contributed by atoms with Gasteiger partial charge in [0.25, 0.3) is 0 Å². The minimum Gasteiger partial charge on any atom is -0.224 e. The fourth-order valence-corrected chi connectivity index (χ4v) is 10.0. The first kappa shape index (κ1) is 27.7. The fourth-order valence-electron chi connectivity index (χ4n) is 8.35. The van der Waals surface area contributed by atoms with Crippen LogP contribution in [0.1, 0.15) is 93.4 Å². The van der Waals surface area contributed by atoms with Crippen LogP contribution >= 0.6 is 0 Å². The molecule has 0 aliphatic heterocycles. The summed E-state index contributed by atoms with van der Waals surface area (Å²) in [7, 11) is -3.24. The summed E-state index contributed by atoms with van der Waals surface area (Å²) >= 11 is 0. The van der Waals surface area contributed by atoms with E-state index in [2.05, 4.69) is 60.6 Å². The first-order valence-corrected chi connectivity index (χ1v) is 16.2. The molecule has 0 bridgehead atoms. The van der Waals surface area contributed by atoms with E-state index in [-0.39, 0.29) is 17.1 Å². The van der Waals surface area contributed by atoms with E-state index in [9.17, 15) is 8.42 Å². The summed E-state index contributed by atoms with van der Waals surface area (Å²) in [6, 6.07) is 9.03. The zero-order chi connectivity index (χ0) is 26.3. The highest BCUT2D eigenvalue weighted by molar-refractivity contribution is 7.91. The first-order chi connectivity index (χ1) is 16.9. The summed E-state index contributed by atoms with van der Waals surface area (Å²) in [4.78, 5) is 0.474. The van der Waals surface area contributed by atoms with Gasteiger partial charge >= 0.3 is 0 Å². The highest BCUT2D eigenvalue weighted by Gasteiger charge is 2.57. The molecule has 1 aromatic carbocycles. The average Bonchev–Trinajstić information content (AvgIpc) is 3.17. The lowest BCUT2D eigenvalue weighted by molar-refractivity contribution is 0.0504. The van der Waals surface area contributed by atoms with Gasteiger partial charge in [0.15, 0.2) is 9.84 Å². The molecule has 5 rings (SSSR count). The van der Waals surface area contributed by atoms with Crippen molar-refractivity contribution in [2.24, 2.45) is 46.3 Å². The maximum absolute atomic E-state index is 13.1. The maximum Gasteiger partial charge on any atom is 0.178 e. The standard InChI is InChI=1S/C29H40O2S.C4H10/c1-20-14-16-28(3)22(18-20)10-11-24-26-13-12-25(29(26,4)17-15-27(24)28)21(2)19-32(30,31)23-8-6-5-7-9-23;1-4(2)3/h5-11,20-21,25-27H,12-19H2,1-4H3;4H,1-3H3. The molecule has 4 aliphatic rings. The Kier molecular flexibility index (Phi) is 8.02. The van der Waals surface area contributed by atoms with Crippen LogP contribution in [-0.2, 0) is 9.84 Å². The van der Waals surface area contributed by atoms with Crippen LogP contribution in [0.3, 0.4) is 0 Å². The molecule has 2 nitrogen and oxygen atoms in total. The van der Waals surface area contributed by atoms with E-state index in [1.807, 2.05) is 18.2 Å². The van der Waals surface area contributed by atoms with E-state index in [0.29, 0.717) is 28.1 Å². The van der Waals surface area contributed by atoms with Crippen molar-refractivity contribution >= 4 is 9.84 Å². The zero-order valence-electron chi connectivity index (χ0n) is 23.9. The lowest BCUT2D eigenvalue weighted by Crippen LogP contribution is -2.46. The van der Waals surface area contributed by atoms with Crippen LogP contribution in [0.2, 0.25) is 0 Å². The third-order valence-electron chi connectivity index (χ3n) is 10.2. The summed E-state index contributed by atoms with van der Waals surface area (Å²) in [5.74, 6) is 3.93. The Labute approximate surface area is 222 Å². The van der Waals surface area contributed by atoms with Gasteiger partial charge in [0, 0.05) is 0 Å². The summed E-state index contributed by atoms with van der Waals surface area (Å²) in [5, 5.41) is 0. The van der Waals surface area contributed by atoms with Crippen molar-refractivity contribution in [3.05, 3.63) is 53.6 Å². The Morgan fingerprint density at radius 1 is 0.889 bits per heavy atom. The normalized spacial score (nSPS) is 36.4. The summed E-state index contributed by atoms with van der Waals surface area (Å²) < 4.78 is 26.2. The largest absolute Gasteiger partial charge is 0.224 e. The maximum atomic E-state index is 13.1. The van der Waals surface area contributed by atoms with E-state index < -0.39 is 9.84 Å². The molecule has 3 heteroatoms. The molecular weight excluding hydrogens is 460 g/mol. The second-order valence-corrected chi connectivity index (χ2v) is 15.8. The second kappa shape index (κ2) is 10.4. The molecule has 7 unspecified atom stereocenters. The van der Waals surface area contributed by atoms with Gasteiger partial charge in [-0.3, -0.25) is 0 Å². The first-order valence-electron chi connectivity index (χ1n) is 14.6. The summed E-state index contributed by atoms with van der Waals surface area (Å²) in [5.41, 5.74) is 4.00. The molecule has 1 aromatic rings. The molecule has 200 valence electrons. The van der Waals surface area contributed by atoms with Crippen LogP contribution in [0.25, 0.3) is 0 Å². The quantitative estimate of drug-likeness (QED) is 0.405. The Bertz CT molecular complexity index is 1080. The average molecular weight is 511 g/mol. The van der Waals surface area contributed by atoms with Gasteiger partial charge in [0.1, 0.15) is 0 Å². The highest BCUT2D eigenvalue weighted by atomic mass is 32.2. The third kappa shape index (κ3) is 5.16. The SMILES string of the molecule is CC(C)C.CC1CCC2(C)C(=CC=C3C2CCC2(C)C3CCC2C(C)CS(=O)(=O)c2ccccc2)C1. The minimum absolute atomic E-state index is 0.188. The Hall–Kier alpha value is -1.35. The van der Waals surface area contributed by atoms with Crippen molar-refractivity contribution in [3.63, 3.8) is 0 Å². The Morgan fingerprint density at radius 2 is 1.56 bits per heavy atom. The second-order valence-electron chi connectivity index (χ2n) is 13.8. The monoisotopic (exact) mass is 510 g/mol. The molecule has 0 spiro atoms. The topological polar surface area (TPSA) is 34.1 Å². The molecule has 0 amide bonds. The molecule has 4 aliphatic carbocycles. The van der Waals surface area contributed by atoms with Crippen LogP contribution in [0.5, 0.6) is 0 Å². The zero-order valence-corrected chi connectivity index (χ0v) is 24.7. The van der Waals surface area contributed by atoms with E-state index in [1.54, 1.807) is 23.3 Å². The molecule has 3 saturated carbocycles. The van der Waals surface area contributed by atoms with Crippen molar-refractivity contribution in [3.8, 4) is 0 Å². The van der Waals surface area contributed by atoms with Gasteiger partial charge in [-0.2, -0.15) is 0 Å². The molecule has 0 saturated heterocycles. The van der Waals surface area contributed by atoms with Crippen LogP contribution in [0, 0.1) is 46.3 Å². The number of sulfone groups is 1. The van der Waals surface area contributed by atoms with Gasteiger partial charge in [-0.15, -0.1) is 0 Å². The smallest absolute Gasteiger partial charge is 0.178 e. The predicted molar refractivity (Wildman–Crippen MR) is 153 cm³/mol. The number of fused-ring (bicyclic) bond motifs is 5. The Morgan fingerprint density at radius 3 is 2.22 bits per heavy atom. The van der Waals surface area contributed by atoms with Crippen LogP contribution in [0.15, 0.2) is 58.5 Å². The van der Waals surface area contributed by atoms with E-state index in [0.717, 1.165) is 11.8 Å². The molecule has 0 radical (unpaired) electrons. The molecule has 36 heavy (non-hydrogen) atoms. The third-order valence-corrected chi connectivity index (χ3v) is 12.1. The lowest BCUT2D eigenvalue weighted by Gasteiger charge is -2.55. The van der Waals surface area contributed by atoms with Crippen molar-refractivity contribution < 1.29 is 8.42 Å². The van der Waals surface area contributed by atoms with E-state index >= 15 is 0 Å². The number of hydrogen-bond acceptors (Lipinski definition) is 2. The number of rotatable bonds is 4. The Balaban J connectivity index is 0.000000709. The summed E-state index contributed by atoms with van der Waals surface area (Å²) in [6.45, 7) is 16.1. The highest BCUT2D eigenvalue weighted by Crippen LogP contribution is 2.66. The molecule has 7 atom stereocenters. The number of allylic oxidation sites excluding steroid dienone is 4. The lowest BCUT2D eigenvalue weighted by atomic mass is 9.49. The van der Waals surface area contributed by atoms with Gasteiger partial charge in [0.05, 0.1) is 10.6 Å². The predicted octanol–water partition coefficient (Wildman–Crippen LogP) is 8.89. The van der Waals surface area contributed by atoms with Crippen LogP contribution in [0.4, 0.5) is 0 Å². The van der Waals surface area contributed by atoms with Crippen molar-refractivity contribution in [2.75, 3.05) is 5.75 Å². The summed E-state index contributed by atoms with van der Waals surface area (Å²) in [6.07, 6.45) is 13.9. The van der Waals surface area contributed by atoms with Gasteiger partial charge in [-0.05, 0) is 103 Å². The van der Waals surface area contributed by atoms with Crippen LogP contribution in [-0.4, -0.2) is 14.2 Å². The van der Waals surface area contributed by atoms with E-state index in [1.165, 1.54) is 44.9 Å². The van der Waals surface area contributed by atoms with Crippen molar-refractivity contribution in [2.45, 2.75) is 98.3 Å². The van der Waals surface area contributed by atoms with Gasteiger partial charge in [0.2, 0.25) is 0 Å². The van der Waals surface area contributed by atoms with Crippen molar-refractivity contribution in [1.82, 2.24) is 0 Å². The van der Waals surface area contributed by atoms with E-state index in [4.69, 9.17) is 0 Å². The van der Waals surface area contributed by atoms with Gasteiger partial charge < -0.3 is 0 Å². The molecule has 0 aromatic heterocycles. The fraction of sp³-hybridized carbons (Fsp3) is 0.697. The van der Waals surface area contributed by atoms with Crippen molar-refractivity contribution in [1.29, 1.82) is 0 Å². The van der Waals surface area contributed by atoms with Gasteiger partial charge in [-0.25, -0.2) is 8.42 Å². The molecule has 3 fully saturated rings.